The molecule has 1 spiro atoms. The first-order valence-corrected chi connectivity index (χ1v) is 11.4. The third kappa shape index (κ3) is 3.88. The second-order valence-electron chi connectivity index (χ2n) is 8.49. The van der Waals surface area contributed by atoms with Crippen molar-refractivity contribution in [3.8, 4) is 0 Å². The molecule has 2 unspecified atom stereocenters. The Kier molecular flexibility index (Phi) is 6.26. The first-order valence-electron chi connectivity index (χ1n) is 11.4. The van der Waals surface area contributed by atoms with Crippen molar-refractivity contribution in [3.05, 3.63) is 77.4 Å². The Balaban J connectivity index is 1.75. The predicted octanol–water partition coefficient (Wildman–Crippen LogP) is 4.96. The van der Waals surface area contributed by atoms with Crippen LogP contribution in [0.15, 0.2) is 66.2 Å². The van der Waals surface area contributed by atoms with E-state index in [-0.39, 0.29) is 30.8 Å². The molecule has 0 aromatic heterocycles. The molecule has 5 nitrogen and oxygen atoms in total. The highest BCUT2D eigenvalue weighted by atomic mass is 16.5. The van der Waals surface area contributed by atoms with E-state index in [9.17, 15) is 14.4 Å². The van der Waals surface area contributed by atoms with Crippen LogP contribution in [0, 0.1) is 5.41 Å². The topological polar surface area (TPSA) is 63.7 Å². The number of carbonyl (C=O) groups is 3. The summed E-state index contributed by atoms with van der Waals surface area (Å²) in [5, 5.41) is 0. The summed E-state index contributed by atoms with van der Waals surface area (Å²) in [5.41, 5.74) is 2.16. The van der Waals surface area contributed by atoms with Crippen molar-refractivity contribution in [1.29, 1.82) is 0 Å². The lowest BCUT2D eigenvalue weighted by Gasteiger charge is -2.44. The smallest absolute Gasteiger partial charge is 0.334 e. The molecule has 5 heteroatoms. The number of amides is 2. The summed E-state index contributed by atoms with van der Waals surface area (Å²) >= 11 is 0. The van der Waals surface area contributed by atoms with Crippen LogP contribution in [0.2, 0.25) is 0 Å². The predicted molar refractivity (Wildman–Crippen MR) is 123 cm³/mol. The highest BCUT2D eigenvalue weighted by molar-refractivity contribution is 6.21. The van der Waals surface area contributed by atoms with E-state index in [4.69, 9.17) is 4.74 Å². The summed E-state index contributed by atoms with van der Waals surface area (Å²) in [6.07, 6.45) is 4.57. The van der Waals surface area contributed by atoms with Crippen molar-refractivity contribution in [2.75, 3.05) is 11.5 Å². The molecule has 1 fully saturated rings. The van der Waals surface area contributed by atoms with Crippen molar-refractivity contribution < 1.29 is 19.1 Å². The van der Waals surface area contributed by atoms with E-state index in [2.05, 4.69) is 6.92 Å². The van der Waals surface area contributed by atoms with Gasteiger partial charge < -0.3 is 4.74 Å². The maximum atomic E-state index is 13.9. The lowest BCUT2D eigenvalue weighted by Crippen LogP contribution is -2.54. The number of piperidine rings is 1. The summed E-state index contributed by atoms with van der Waals surface area (Å²) in [6.45, 7) is 4.05. The van der Waals surface area contributed by atoms with E-state index in [0.29, 0.717) is 24.1 Å². The largest absolute Gasteiger partial charge is 0.463 e. The van der Waals surface area contributed by atoms with Gasteiger partial charge in [-0.05, 0) is 55.9 Å². The van der Waals surface area contributed by atoms with Crippen LogP contribution in [0.4, 0.5) is 5.69 Å². The molecule has 4 rings (SSSR count). The van der Waals surface area contributed by atoms with Crippen LogP contribution in [0.5, 0.6) is 0 Å². The van der Waals surface area contributed by atoms with Crippen molar-refractivity contribution in [2.24, 2.45) is 5.41 Å². The first kappa shape index (κ1) is 22.0. The van der Waals surface area contributed by atoms with E-state index in [1.807, 2.05) is 60.7 Å². The Labute approximate surface area is 189 Å². The summed E-state index contributed by atoms with van der Waals surface area (Å²) in [4.78, 5) is 41.1. The molecule has 0 radical (unpaired) electrons. The SMILES string of the molecule is CCOC(=O)C1=CC(c2ccccc2)CCC12CCC(=O)N(c1ccc(CC)cc1)C2=O. The number of esters is 1. The minimum atomic E-state index is -1.03. The van der Waals surface area contributed by atoms with Crippen molar-refractivity contribution in [2.45, 2.75) is 51.9 Å². The molecule has 2 aliphatic rings. The molecule has 0 bridgehead atoms. The molecule has 166 valence electrons. The molecule has 2 atom stereocenters. The minimum absolute atomic E-state index is 0.0314. The molecule has 1 heterocycles. The third-order valence-electron chi connectivity index (χ3n) is 6.72. The fraction of sp³-hybridized carbons (Fsp3) is 0.370. The van der Waals surface area contributed by atoms with Gasteiger partial charge in [-0.1, -0.05) is 55.5 Å². The van der Waals surface area contributed by atoms with E-state index in [1.54, 1.807) is 6.92 Å². The van der Waals surface area contributed by atoms with Gasteiger partial charge in [0, 0.05) is 17.9 Å². The summed E-state index contributed by atoms with van der Waals surface area (Å²) in [7, 11) is 0. The average Bonchev–Trinajstić information content (AvgIpc) is 2.83. The van der Waals surface area contributed by atoms with Gasteiger partial charge in [0.15, 0.2) is 0 Å². The number of ether oxygens (including phenoxy) is 1. The Hall–Kier alpha value is -3.21. The van der Waals surface area contributed by atoms with E-state index in [1.165, 1.54) is 4.90 Å². The van der Waals surface area contributed by atoms with Crippen LogP contribution in [0.25, 0.3) is 0 Å². The van der Waals surface area contributed by atoms with Gasteiger partial charge in [0.25, 0.3) is 0 Å². The van der Waals surface area contributed by atoms with Crippen molar-refractivity contribution >= 4 is 23.5 Å². The van der Waals surface area contributed by atoms with Gasteiger partial charge in [-0.25, -0.2) is 9.69 Å². The van der Waals surface area contributed by atoms with Crippen molar-refractivity contribution in [3.63, 3.8) is 0 Å². The number of imide groups is 1. The van der Waals surface area contributed by atoms with E-state index >= 15 is 0 Å². The summed E-state index contributed by atoms with van der Waals surface area (Å²) in [6, 6.07) is 17.5. The average molecular weight is 432 g/mol. The second kappa shape index (κ2) is 9.11. The molecular formula is C27H29NO4. The number of aryl methyl sites for hydroxylation is 1. The number of rotatable bonds is 5. The van der Waals surface area contributed by atoms with Crippen LogP contribution in [0.3, 0.4) is 0 Å². The zero-order valence-electron chi connectivity index (χ0n) is 18.7. The Bertz CT molecular complexity index is 1040. The molecule has 32 heavy (non-hydrogen) atoms. The van der Waals surface area contributed by atoms with Crippen LogP contribution < -0.4 is 4.90 Å². The monoisotopic (exact) mass is 431 g/mol. The normalized spacial score (nSPS) is 23.2. The zero-order valence-corrected chi connectivity index (χ0v) is 18.7. The van der Waals surface area contributed by atoms with Gasteiger partial charge in [0.1, 0.15) is 0 Å². The highest BCUT2D eigenvalue weighted by Crippen LogP contribution is 2.50. The fourth-order valence-corrected chi connectivity index (χ4v) is 4.91. The number of hydrogen-bond acceptors (Lipinski definition) is 4. The Morgan fingerprint density at radius 3 is 2.41 bits per heavy atom. The highest BCUT2D eigenvalue weighted by Gasteiger charge is 2.53. The Morgan fingerprint density at radius 1 is 1.03 bits per heavy atom. The number of carbonyl (C=O) groups excluding carboxylic acids is 3. The second-order valence-corrected chi connectivity index (χ2v) is 8.49. The number of allylic oxidation sites excluding steroid dienone is 1. The fourth-order valence-electron chi connectivity index (χ4n) is 4.91. The van der Waals surface area contributed by atoms with Gasteiger partial charge in [-0.15, -0.1) is 0 Å². The van der Waals surface area contributed by atoms with Gasteiger partial charge in [-0.2, -0.15) is 0 Å². The first-order chi connectivity index (χ1) is 15.5. The molecule has 2 amide bonds. The van der Waals surface area contributed by atoms with Gasteiger partial charge >= 0.3 is 5.97 Å². The van der Waals surface area contributed by atoms with Gasteiger partial charge in [0.2, 0.25) is 11.8 Å². The van der Waals surface area contributed by atoms with Gasteiger partial charge in [0.05, 0.1) is 17.7 Å². The molecule has 2 aromatic carbocycles. The lowest BCUT2D eigenvalue weighted by molar-refractivity contribution is -0.145. The maximum absolute atomic E-state index is 13.9. The van der Waals surface area contributed by atoms with Crippen LogP contribution >= 0.6 is 0 Å². The number of benzene rings is 2. The standard InChI is InChI=1S/C27H29NO4/c1-3-19-10-12-22(13-11-19)28-24(29)15-17-27(26(28)31)16-14-21(20-8-6-5-7-9-20)18-23(27)25(30)32-4-2/h5-13,18,21H,3-4,14-17H2,1-2H3. The molecule has 1 aliphatic carbocycles. The van der Waals surface area contributed by atoms with E-state index < -0.39 is 11.4 Å². The summed E-state index contributed by atoms with van der Waals surface area (Å²) in [5.74, 6) is -0.969. The number of nitrogens with zero attached hydrogens (tertiary/aromatic N) is 1. The molecular weight excluding hydrogens is 402 g/mol. The zero-order chi connectivity index (χ0) is 22.7. The molecule has 0 N–H and O–H groups in total. The van der Waals surface area contributed by atoms with Crippen LogP contribution in [-0.2, 0) is 25.5 Å². The summed E-state index contributed by atoms with van der Waals surface area (Å²) < 4.78 is 5.38. The Morgan fingerprint density at radius 2 is 1.75 bits per heavy atom. The maximum Gasteiger partial charge on any atom is 0.334 e. The van der Waals surface area contributed by atoms with Crippen LogP contribution in [0.1, 0.15) is 56.6 Å². The number of anilines is 1. The molecule has 2 aromatic rings. The number of hydrogen-bond donors (Lipinski definition) is 0. The van der Waals surface area contributed by atoms with E-state index in [0.717, 1.165) is 24.0 Å². The molecule has 1 saturated heterocycles. The quantitative estimate of drug-likeness (QED) is 0.496. The van der Waals surface area contributed by atoms with Crippen LogP contribution in [-0.4, -0.2) is 24.4 Å². The molecule has 1 aliphatic heterocycles. The minimum Gasteiger partial charge on any atom is -0.463 e. The third-order valence-corrected chi connectivity index (χ3v) is 6.72. The molecule has 0 saturated carbocycles. The van der Waals surface area contributed by atoms with Crippen molar-refractivity contribution in [1.82, 2.24) is 0 Å². The lowest BCUT2D eigenvalue weighted by atomic mass is 9.64. The van der Waals surface area contributed by atoms with Gasteiger partial charge in [-0.3, -0.25) is 9.59 Å².